The van der Waals surface area contributed by atoms with Gasteiger partial charge in [-0.3, -0.25) is 0 Å². The van der Waals surface area contributed by atoms with E-state index in [1.165, 1.54) is 232 Å². The molecule has 0 saturated carbocycles. The van der Waals surface area contributed by atoms with Gasteiger partial charge in [-0.05, 0) is 152 Å². The minimum atomic E-state index is 0.0207. The van der Waals surface area contributed by atoms with Crippen LogP contribution >= 0.6 is 0 Å². The third-order valence-corrected chi connectivity index (χ3v) is 21.2. The quantitative estimate of drug-likeness (QED) is 0.0373. The molecule has 1 nitrogen and oxygen atoms in total. The first kappa shape index (κ1) is 82.2. The van der Waals surface area contributed by atoms with Gasteiger partial charge < -0.3 is 4.74 Å². The van der Waals surface area contributed by atoms with Crippen LogP contribution in [0.1, 0.15) is 331 Å². The largest absolute Gasteiger partial charge is 0.497 e. The fraction of sp³-hybridized carbons (Fsp3) is 0.505. The van der Waals surface area contributed by atoms with Crippen LogP contribution in [0, 0.1) is 0 Å². The summed E-state index contributed by atoms with van der Waals surface area (Å²) in [6.45, 7) is 41.2. The van der Waals surface area contributed by atoms with Gasteiger partial charge in [0.05, 0.1) is 7.11 Å². The van der Waals surface area contributed by atoms with E-state index in [-0.39, 0.29) is 32.5 Å². The van der Waals surface area contributed by atoms with Gasteiger partial charge in [0, 0.05) is 21.7 Å². The Balaban J connectivity index is 0.000000240. The van der Waals surface area contributed by atoms with Gasteiger partial charge in [0.2, 0.25) is 0 Å². The first-order valence-corrected chi connectivity index (χ1v) is 39.0. The summed E-state index contributed by atoms with van der Waals surface area (Å²) in [5, 5.41) is 0. The Kier molecular flexibility index (Phi) is 34.7. The lowest BCUT2D eigenvalue weighted by atomic mass is 9.75. The Hall–Kier alpha value is -6.44. The lowest BCUT2D eigenvalue weighted by Gasteiger charge is -2.28. The van der Waals surface area contributed by atoms with E-state index in [4.69, 9.17) is 4.74 Å². The molecule has 0 fully saturated rings. The predicted molar refractivity (Wildman–Crippen MR) is 434 cm³/mol. The SMILES string of the molecule is CC(C)(C)c1ccc(C(C)(C)c2ccc(C(C)(C)C)cc2)cc1.CCCCCCCCc1ccc(C(C)(C)c2ccc(CCCCCCCC)cc2)cc1.CCCCCCc1ccc(C(C)(C)c2ccc(CCCCCC)cc2)cc1.COc1ccc(C(C)(C)c2ccccc2)cc1. The molecule has 0 atom stereocenters. The normalized spacial score (nSPS) is 12.0. The molecule has 8 aromatic carbocycles. The molecule has 8 rings (SSSR count). The zero-order valence-electron chi connectivity index (χ0n) is 65.9. The summed E-state index contributed by atoms with van der Waals surface area (Å²) in [6.07, 6.45) is 32.0. The van der Waals surface area contributed by atoms with Crippen molar-refractivity contribution in [2.75, 3.05) is 7.11 Å². The van der Waals surface area contributed by atoms with Crippen LogP contribution < -0.4 is 4.74 Å². The fourth-order valence-corrected chi connectivity index (χ4v) is 13.4. The van der Waals surface area contributed by atoms with Gasteiger partial charge in [-0.2, -0.15) is 0 Å². The van der Waals surface area contributed by atoms with Gasteiger partial charge in [0.1, 0.15) is 5.75 Å². The highest BCUT2D eigenvalue weighted by Crippen LogP contribution is 2.37. The van der Waals surface area contributed by atoms with Crippen molar-refractivity contribution in [1.29, 1.82) is 0 Å². The minimum absolute atomic E-state index is 0.0207. The molecule has 0 N–H and O–H groups in total. The molecular weight excluding hydrogens is 1180 g/mol. The molecule has 1 heteroatoms. The number of aryl methyl sites for hydroxylation is 4. The van der Waals surface area contributed by atoms with Gasteiger partial charge in [0.25, 0.3) is 0 Å². The van der Waals surface area contributed by atoms with Gasteiger partial charge in [-0.15, -0.1) is 0 Å². The van der Waals surface area contributed by atoms with E-state index in [1.807, 2.05) is 18.2 Å². The average molecular weight is 1320 g/mol. The maximum absolute atomic E-state index is 5.19. The number of hydrogen-bond donors (Lipinski definition) is 0. The summed E-state index contributed by atoms with van der Waals surface area (Å²) < 4.78 is 5.19. The Morgan fingerprint density at radius 2 is 0.388 bits per heavy atom. The van der Waals surface area contributed by atoms with Crippen LogP contribution in [0.5, 0.6) is 5.75 Å². The molecule has 0 spiro atoms. The second kappa shape index (κ2) is 41.3. The molecule has 0 aliphatic rings. The molecule has 532 valence electrons. The Labute approximate surface area is 603 Å². The third-order valence-electron chi connectivity index (χ3n) is 21.2. The molecule has 0 radical (unpaired) electrons. The topological polar surface area (TPSA) is 9.23 Å². The maximum atomic E-state index is 5.19. The van der Waals surface area contributed by atoms with E-state index in [0.717, 1.165) is 5.75 Å². The Bertz CT molecular complexity index is 3180. The second-order valence-corrected chi connectivity index (χ2v) is 32.7. The van der Waals surface area contributed by atoms with Crippen LogP contribution in [0.15, 0.2) is 200 Å². The van der Waals surface area contributed by atoms with Crippen molar-refractivity contribution >= 4 is 0 Å². The van der Waals surface area contributed by atoms with Gasteiger partial charge in [-0.25, -0.2) is 0 Å². The first-order chi connectivity index (χ1) is 46.7. The highest BCUT2D eigenvalue weighted by molar-refractivity contribution is 5.45. The molecule has 0 aromatic heterocycles. The van der Waals surface area contributed by atoms with Crippen molar-refractivity contribution in [3.63, 3.8) is 0 Å². The zero-order valence-corrected chi connectivity index (χ0v) is 65.9. The van der Waals surface area contributed by atoms with Gasteiger partial charge in [0.15, 0.2) is 0 Å². The number of unbranched alkanes of at least 4 members (excludes halogenated alkanes) is 16. The van der Waals surface area contributed by atoms with E-state index >= 15 is 0 Å². The monoisotopic (exact) mass is 1320 g/mol. The van der Waals surface area contributed by atoms with Crippen molar-refractivity contribution in [3.05, 3.63) is 278 Å². The zero-order chi connectivity index (χ0) is 71.7. The van der Waals surface area contributed by atoms with E-state index < -0.39 is 0 Å². The van der Waals surface area contributed by atoms with E-state index in [2.05, 4.69) is 307 Å². The summed E-state index contributed by atoms with van der Waals surface area (Å²) in [6, 6.07) is 74.7. The minimum Gasteiger partial charge on any atom is -0.497 e. The number of hydrogen-bond acceptors (Lipinski definition) is 1. The summed E-state index contributed by atoms with van der Waals surface area (Å²) in [5.74, 6) is 0.901. The van der Waals surface area contributed by atoms with E-state index in [9.17, 15) is 0 Å². The van der Waals surface area contributed by atoms with Crippen molar-refractivity contribution in [2.24, 2.45) is 0 Å². The third kappa shape index (κ3) is 26.9. The molecule has 0 unspecified atom stereocenters. The molecule has 0 aliphatic carbocycles. The number of rotatable bonds is 33. The number of methoxy groups -OCH3 is 1. The molecule has 98 heavy (non-hydrogen) atoms. The lowest BCUT2D eigenvalue weighted by Crippen LogP contribution is -2.20. The Morgan fingerprint density at radius 1 is 0.204 bits per heavy atom. The molecular formula is C97H138O. The van der Waals surface area contributed by atoms with Crippen LogP contribution in [0.25, 0.3) is 0 Å². The molecule has 0 heterocycles. The van der Waals surface area contributed by atoms with Crippen molar-refractivity contribution < 1.29 is 4.74 Å². The standard InChI is InChI=1S/C31H48.C27H40.C23H32.C16H18O/c1-5-7-9-11-13-15-17-27-19-23-29(24-20-27)31(3,4)30-25-21-28(22-26-30)18-16-14-12-10-8-6-2;1-5-7-9-11-13-23-15-19-25(20-16-23)27(3,4)26-21-17-24(18-22-26)14-12-10-8-6-2;1-21(2,3)17-9-13-19(14-10-17)23(7,8)20-15-11-18(12-16-20)22(4,5)6;1-16(2,13-7-5-4-6-8-13)14-9-11-15(17-3)12-10-14/h19-26H,5-18H2,1-4H3;15-22H,5-14H2,1-4H3;9-16H,1-8H3;4-12H,1-3H3. The smallest absolute Gasteiger partial charge is 0.118 e. The first-order valence-electron chi connectivity index (χ1n) is 39.0. The molecule has 8 aromatic rings. The highest BCUT2D eigenvalue weighted by Gasteiger charge is 2.27. The van der Waals surface area contributed by atoms with E-state index in [1.54, 1.807) is 7.11 Å². The summed E-state index contributed by atoms with van der Waals surface area (Å²) in [5.41, 5.74) is 20.3. The van der Waals surface area contributed by atoms with Crippen LogP contribution in [0.2, 0.25) is 0 Å². The summed E-state index contributed by atoms with van der Waals surface area (Å²) >= 11 is 0. The summed E-state index contributed by atoms with van der Waals surface area (Å²) in [4.78, 5) is 0. The molecule has 0 amide bonds. The fourth-order valence-electron chi connectivity index (χ4n) is 13.4. The van der Waals surface area contributed by atoms with Crippen molar-refractivity contribution in [3.8, 4) is 5.75 Å². The van der Waals surface area contributed by atoms with Crippen molar-refractivity contribution in [2.45, 2.75) is 311 Å². The van der Waals surface area contributed by atoms with Crippen LogP contribution in [0.4, 0.5) is 0 Å². The maximum Gasteiger partial charge on any atom is 0.118 e. The van der Waals surface area contributed by atoms with Gasteiger partial charge >= 0.3 is 0 Å². The van der Waals surface area contributed by atoms with Gasteiger partial charge in [-0.1, -0.05) is 415 Å². The average Bonchev–Trinajstić information content (AvgIpc) is 0.820. The summed E-state index contributed by atoms with van der Waals surface area (Å²) in [7, 11) is 1.69. The van der Waals surface area contributed by atoms with Crippen LogP contribution in [-0.4, -0.2) is 7.11 Å². The van der Waals surface area contributed by atoms with E-state index in [0.29, 0.717) is 0 Å². The Morgan fingerprint density at radius 3 is 0.612 bits per heavy atom. The molecule has 0 bridgehead atoms. The lowest BCUT2D eigenvalue weighted by molar-refractivity contribution is 0.414. The number of ether oxygens (including phenoxy) is 1. The predicted octanol–water partition coefficient (Wildman–Crippen LogP) is 28.7. The highest BCUT2D eigenvalue weighted by atomic mass is 16.5. The van der Waals surface area contributed by atoms with Crippen LogP contribution in [-0.2, 0) is 58.2 Å². The van der Waals surface area contributed by atoms with Crippen LogP contribution in [0.3, 0.4) is 0 Å². The van der Waals surface area contributed by atoms with Crippen molar-refractivity contribution in [1.82, 2.24) is 0 Å². The molecule has 0 saturated heterocycles. The number of benzene rings is 8. The molecule has 0 aliphatic heterocycles. The second-order valence-electron chi connectivity index (χ2n) is 32.7.